The molecule has 0 fully saturated rings. The van der Waals surface area contributed by atoms with Gasteiger partial charge in [-0.3, -0.25) is 0 Å². The van der Waals surface area contributed by atoms with Crippen molar-refractivity contribution in [2.75, 3.05) is 25.1 Å². The Morgan fingerprint density at radius 1 is 1.16 bits per heavy atom. The third-order valence-corrected chi connectivity index (χ3v) is 4.13. The first-order valence-electron chi connectivity index (χ1n) is 7.08. The lowest BCUT2D eigenvalue weighted by Crippen LogP contribution is -2.25. The van der Waals surface area contributed by atoms with Crippen molar-refractivity contribution >= 4 is 23.4 Å². The summed E-state index contributed by atoms with van der Waals surface area (Å²) in [7, 11) is 0. The minimum absolute atomic E-state index is 0.600. The number of thioether (sulfide) groups is 1. The van der Waals surface area contributed by atoms with E-state index in [0.29, 0.717) is 11.8 Å². The van der Waals surface area contributed by atoms with E-state index in [1.54, 1.807) is 0 Å². The molecular formula is C16H26ClNS. The summed E-state index contributed by atoms with van der Waals surface area (Å²) < 4.78 is 0. The fourth-order valence-electron chi connectivity index (χ4n) is 2.14. The molecule has 1 N–H and O–H groups in total. The quantitative estimate of drug-likeness (QED) is 0.657. The Bertz CT molecular complexity index is 337. The number of rotatable bonds is 9. The predicted octanol–water partition coefficient (Wildman–Crippen LogP) is 4.81. The maximum atomic E-state index is 5.97. The molecule has 1 aromatic carbocycles. The van der Waals surface area contributed by atoms with E-state index in [0.717, 1.165) is 18.1 Å². The smallest absolute Gasteiger partial charge is 0.0406 e. The molecule has 0 bridgehead atoms. The Balaban J connectivity index is 2.54. The molecule has 0 spiro atoms. The van der Waals surface area contributed by atoms with Gasteiger partial charge in [-0.25, -0.2) is 0 Å². The van der Waals surface area contributed by atoms with E-state index in [9.17, 15) is 0 Å². The third-order valence-electron chi connectivity index (χ3n) is 3.19. The molecule has 0 saturated heterocycles. The summed E-state index contributed by atoms with van der Waals surface area (Å²) in [6.45, 7) is 6.65. The first-order valence-corrected chi connectivity index (χ1v) is 8.85. The van der Waals surface area contributed by atoms with Crippen LogP contribution in [-0.2, 0) is 0 Å². The highest BCUT2D eigenvalue weighted by molar-refractivity contribution is 7.98. The molecule has 0 aromatic heterocycles. The van der Waals surface area contributed by atoms with Crippen molar-refractivity contribution in [3.8, 4) is 0 Å². The van der Waals surface area contributed by atoms with Crippen LogP contribution in [0.1, 0.15) is 38.2 Å². The van der Waals surface area contributed by atoms with Crippen molar-refractivity contribution < 1.29 is 0 Å². The molecule has 3 heteroatoms. The van der Waals surface area contributed by atoms with Crippen LogP contribution in [0.15, 0.2) is 24.3 Å². The Morgan fingerprint density at radius 2 is 1.84 bits per heavy atom. The fraction of sp³-hybridized carbons (Fsp3) is 0.625. The van der Waals surface area contributed by atoms with E-state index in [1.807, 2.05) is 23.9 Å². The summed E-state index contributed by atoms with van der Waals surface area (Å²) in [5, 5.41) is 4.41. The lowest BCUT2D eigenvalue weighted by atomic mass is 9.94. The van der Waals surface area contributed by atoms with Crippen molar-refractivity contribution in [1.29, 1.82) is 0 Å². The first-order chi connectivity index (χ1) is 9.13. The average Bonchev–Trinajstić information content (AvgIpc) is 2.38. The topological polar surface area (TPSA) is 12.0 Å². The van der Waals surface area contributed by atoms with E-state index in [-0.39, 0.29) is 0 Å². The Labute approximate surface area is 127 Å². The second kappa shape index (κ2) is 9.68. The second-order valence-electron chi connectivity index (χ2n) is 5.44. The molecule has 0 aliphatic heterocycles. The van der Waals surface area contributed by atoms with Gasteiger partial charge in [0.25, 0.3) is 0 Å². The van der Waals surface area contributed by atoms with E-state index in [2.05, 4.69) is 37.6 Å². The van der Waals surface area contributed by atoms with E-state index in [4.69, 9.17) is 11.6 Å². The minimum Gasteiger partial charge on any atom is -0.316 e. The van der Waals surface area contributed by atoms with Gasteiger partial charge in [0.1, 0.15) is 0 Å². The van der Waals surface area contributed by atoms with Crippen molar-refractivity contribution in [3.05, 3.63) is 34.9 Å². The lowest BCUT2D eigenvalue weighted by Gasteiger charge is -2.19. The van der Waals surface area contributed by atoms with Crippen LogP contribution in [0.2, 0.25) is 5.02 Å². The van der Waals surface area contributed by atoms with Crippen LogP contribution < -0.4 is 5.32 Å². The van der Waals surface area contributed by atoms with Crippen LogP contribution in [0.5, 0.6) is 0 Å². The molecule has 0 saturated carbocycles. The van der Waals surface area contributed by atoms with E-state index >= 15 is 0 Å². The molecule has 0 aliphatic carbocycles. The van der Waals surface area contributed by atoms with Gasteiger partial charge in [0, 0.05) is 11.6 Å². The second-order valence-corrected chi connectivity index (χ2v) is 6.86. The zero-order valence-electron chi connectivity index (χ0n) is 12.3. The maximum Gasteiger partial charge on any atom is 0.0406 e. The predicted molar refractivity (Wildman–Crippen MR) is 89.5 cm³/mol. The highest BCUT2D eigenvalue weighted by Crippen LogP contribution is 2.23. The van der Waals surface area contributed by atoms with Crippen molar-refractivity contribution in [2.45, 2.75) is 32.6 Å². The van der Waals surface area contributed by atoms with Gasteiger partial charge in [0.2, 0.25) is 0 Å². The highest BCUT2D eigenvalue weighted by atomic mass is 35.5. The summed E-state index contributed by atoms with van der Waals surface area (Å²) >= 11 is 7.90. The Kier molecular flexibility index (Phi) is 8.60. The third kappa shape index (κ3) is 7.24. The van der Waals surface area contributed by atoms with Crippen molar-refractivity contribution in [3.63, 3.8) is 0 Å². The fourth-order valence-corrected chi connectivity index (χ4v) is 2.72. The molecule has 1 rings (SSSR count). The van der Waals surface area contributed by atoms with E-state index < -0.39 is 0 Å². The molecule has 0 amide bonds. The van der Waals surface area contributed by atoms with Gasteiger partial charge >= 0.3 is 0 Å². The molecule has 1 unspecified atom stereocenters. The zero-order valence-corrected chi connectivity index (χ0v) is 13.9. The largest absolute Gasteiger partial charge is 0.316 e. The molecular weight excluding hydrogens is 274 g/mol. The first kappa shape index (κ1) is 16.9. The van der Waals surface area contributed by atoms with Crippen LogP contribution in [0.4, 0.5) is 0 Å². The maximum absolute atomic E-state index is 5.97. The average molecular weight is 300 g/mol. The number of hydrogen-bond acceptors (Lipinski definition) is 2. The molecule has 1 aromatic rings. The summed E-state index contributed by atoms with van der Waals surface area (Å²) in [4.78, 5) is 0. The van der Waals surface area contributed by atoms with Gasteiger partial charge < -0.3 is 5.32 Å². The zero-order chi connectivity index (χ0) is 14.1. The number of hydrogen-bond donors (Lipinski definition) is 1. The Morgan fingerprint density at radius 3 is 2.42 bits per heavy atom. The van der Waals surface area contributed by atoms with Gasteiger partial charge in [-0.2, -0.15) is 11.8 Å². The standard InChI is InChI=1S/C16H26ClNS/c1-13(2)11-18-12-15(5-4-10-19-3)14-6-8-16(17)9-7-14/h6-9,13,15,18H,4-5,10-12H2,1-3H3. The van der Waals surface area contributed by atoms with Gasteiger partial charge in [0.05, 0.1) is 0 Å². The Hall–Kier alpha value is -0.180. The van der Waals surface area contributed by atoms with Crippen molar-refractivity contribution in [2.24, 2.45) is 5.92 Å². The molecule has 0 heterocycles. The van der Waals surface area contributed by atoms with Crippen LogP contribution in [-0.4, -0.2) is 25.1 Å². The van der Waals surface area contributed by atoms with Gasteiger partial charge in [0.15, 0.2) is 0 Å². The molecule has 0 aliphatic rings. The van der Waals surface area contributed by atoms with Crippen LogP contribution in [0.25, 0.3) is 0 Å². The molecule has 108 valence electrons. The van der Waals surface area contributed by atoms with E-state index in [1.165, 1.54) is 24.2 Å². The summed E-state index contributed by atoms with van der Waals surface area (Å²) in [5.74, 6) is 2.55. The van der Waals surface area contributed by atoms with Crippen molar-refractivity contribution in [1.82, 2.24) is 5.32 Å². The molecule has 1 nitrogen and oxygen atoms in total. The van der Waals surface area contributed by atoms with Gasteiger partial charge in [-0.1, -0.05) is 37.6 Å². The van der Waals surface area contributed by atoms with Crippen LogP contribution >= 0.6 is 23.4 Å². The number of halogens is 1. The highest BCUT2D eigenvalue weighted by Gasteiger charge is 2.11. The van der Waals surface area contributed by atoms with Crippen LogP contribution in [0, 0.1) is 5.92 Å². The minimum atomic E-state index is 0.600. The SMILES string of the molecule is CSCCCC(CNCC(C)C)c1ccc(Cl)cc1. The summed E-state index contributed by atoms with van der Waals surface area (Å²) in [6, 6.07) is 8.34. The number of nitrogens with one attached hydrogen (secondary N) is 1. The number of benzene rings is 1. The molecule has 19 heavy (non-hydrogen) atoms. The van der Waals surface area contributed by atoms with Gasteiger partial charge in [-0.15, -0.1) is 0 Å². The normalized spacial score (nSPS) is 12.9. The lowest BCUT2D eigenvalue weighted by molar-refractivity contribution is 0.498. The molecule has 0 radical (unpaired) electrons. The summed E-state index contributed by atoms with van der Waals surface area (Å²) in [6.07, 6.45) is 4.69. The monoisotopic (exact) mass is 299 g/mol. The van der Waals surface area contributed by atoms with Crippen LogP contribution in [0.3, 0.4) is 0 Å². The summed E-state index contributed by atoms with van der Waals surface area (Å²) in [5.41, 5.74) is 1.40. The van der Waals surface area contributed by atoms with Gasteiger partial charge in [-0.05, 0) is 60.9 Å². The molecule has 1 atom stereocenters.